The maximum Gasteiger partial charge on any atom is 0.0499 e. The van der Waals surface area contributed by atoms with E-state index in [0.29, 0.717) is 6.61 Å². The second-order valence-corrected chi connectivity index (χ2v) is 8.41. The van der Waals surface area contributed by atoms with E-state index in [1.54, 1.807) is 0 Å². The predicted octanol–water partition coefficient (Wildman–Crippen LogP) is 3.15. The topological polar surface area (TPSA) is 23.5 Å². The van der Waals surface area contributed by atoms with Gasteiger partial charge in [0, 0.05) is 42.2 Å². The standard InChI is InChI=1S/C15H29NOS/c1-13-9-16(10-14(2)18-13)11-15(12-17)7-5-3-4-6-8-15/h13-14,17H,3-12H2,1-2H3. The monoisotopic (exact) mass is 271 g/mol. The van der Waals surface area contributed by atoms with Crippen molar-refractivity contribution < 1.29 is 5.11 Å². The quantitative estimate of drug-likeness (QED) is 0.798. The van der Waals surface area contributed by atoms with Crippen LogP contribution in [-0.4, -0.2) is 46.7 Å². The van der Waals surface area contributed by atoms with Crippen LogP contribution < -0.4 is 0 Å². The first kappa shape index (κ1) is 14.7. The number of nitrogens with zero attached hydrogens (tertiary/aromatic N) is 1. The van der Waals surface area contributed by atoms with Crippen molar-refractivity contribution in [2.45, 2.75) is 62.9 Å². The van der Waals surface area contributed by atoms with Gasteiger partial charge in [0.1, 0.15) is 0 Å². The van der Waals surface area contributed by atoms with E-state index in [-0.39, 0.29) is 5.41 Å². The molecular formula is C15H29NOS. The van der Waals surface area contributed by atoms with Crippen molar-refractivity contribution in [2.75, 3.05) is 26.2 Å². The Labute approximate surface area is 117 Å². The molecule has 0 radical (unpaired) electrons. The highest BCUT2D eigenvalue weighted by molar-refractivity contribution is 8.00. The van der Waals surface area contributed by atoms with Crippen LogP contribution in [-0.2, 0) is 0 Å². The van der Waals surface area contributed by atoms with Crippen LogP contribution in [0.2, 0.25) is 0 Å². The molecule has 0 aromatic heterocycles. The van der Waals surface area contributed by atoms with Gasteiger partial charge in [0.15, 0.2) is 0 Å². The minimum atomic E-state index is 0.206. The van der Waals surface area contributed by atoms with Gasteiger partial charge in [-0.05, 0) is 12.8 Å². The molecule has 0 bridgehead atoms. The zero-order chi connectivity index (χ0) is 13.0. The van der Waals surface area contributed by atoms with E-state index in [1.807, 2.05) is 0 Å². The number of hydrogen-bond acceptors (Lipinski definition) is 3. The molecule has 1 heterocycles. The van der Waals surface area contributed by atoms with Crippen LogP contribution in [0.15, 0.2) is 0 Å². The van der Waals surface area contributed by atoms with Crippen LogP contribution in [0, 0.1) is 5.41 Å². The van der Waals surface area contributed by atoms with Gasteiger partial charge in [-0.1, -0.05) is 39.5 Å². The van der Waals surface area contributed by atoms with Gasteiger partial charge in [0.2, 0.25) is 0 Å². The molecule has 18 heavy (non-hydrogen) atoms. The third-order valence-corrected chi connectivity index (χ3v) is 5.78. The van der Waals surface area contributed by atoms with Gasteiger partial charge >= 0.3 is 0 Å². The maximum atomic E-state index is 9.90. The lowest BCUT2D eigenvalue weighted by Crippen LogP contribution is -2.47. The Balaban J connectivity index is 1.95. The summed E-state index contributed by atoms with van der Waals surface area (Å²) in [7, 11) is 0. The van der Waals surface area contributed by atoms with Crippen molar-refractivity contribution in [3.63, 3.8) is 0 Å². The van der Waals surface area contributed by atoms with Crippen LogP contribution in [0.1, 0.15) is 52.4 Å². The zero-order valence-electron chi connectivity index (χ0n) is 12.0. The molecule has 0 aromatic rings. The lowest BCUT2D eigenvalue weighted by Gasteiger charge is -2.41. The predicted molar refractivity (Wildman–Crippen MR) is 80.2 cm³/mol. The molecule has 2 unspecified atom stereocenters. The van der Waals surface area contributed by atoms with Gasteiger partial charge in [0.25, 0.3) is 0 Å². The zero-order valence-corrected chi connectivity index (χ0v) is 12.8. The molecule has 1 saturated heterocycles. The number of aliphatic hydroxyl groups is 1. The fourth-order valence-corrected chi connectivity index (χ4v) is 5.12. The summed E-state index contributed by atoms with van der Waals surface area (Å²) in [5.41, 5.74) is 0.206. The SMILES string of the molecule is CC1CN(CC2(CO)CCCCCC2)CC(C)S1. The molecule has 1 aliphatic carbocycles. The lowest BCUT2D eigenvalue weighted by molar-refractivity contribution is 0.0587. The Morgan fingerprint density at radius 3 is 2.11 bits per heavy atom. The average molecular weight is 271 g/mol. The molecule has 0 aromatic carbocycles. The van der Waals surface area contributed by atoms with Crippen molar-refractivity contribution in [2.24, 2.45) is 5.41 Å². The summed E-state index contributed by atoms with van der Waals surface area (Å²) >= 11 is 2.11. The van der Waals surface area contributed by atoms with E-state index in [2.05, 4.69) is 30.5 Å². The maximum absolute atomic E-state index is 9.90. The van der Waals surface area contributed by atoms with E-state index >= 15 is 0 Å². The van der Waals surface area contributed by atoms with Crippen LogP contribution in [0.5, 0.6) is 0 Å². The Bertz CT molecular complexity index is 241. The largest absolute Gasteiger partial charge is 0.396 e. The lowest BCUT2D eigenvalue weighted by atomic mass is 9.80. The summed E-state index contributed by atoms with van der Waals surface area (Å²) in [5.74, 6) is 0. The fraction of sp³-hybridized carbons (Fsp3) is 1.00. The van der Waals surface area contributed by atoms with Gasteiger partial charge in [-0.25, -0.2) is 0 Å². The molecule has 2 fully saturated rings. The molecule has 1 saturated carbocycles. The number of aliphatic hydroxyl groups excluding tert-OH is 1. The van der Waals surface area contributed by atoms with Crippen LogP contribution in [0.3, 0.4) is 0 Å². The Morgan fingerprint density at radius 2 is 1.61 bits per heavy atom. The average Bonchev–Trinajstić information content (AvgIpc) is 2.54. The second-order valence-electron chi connectivity index (χ2n) is 6.52. The number of hydrogen-bond donors (Lipinski definition) is 1. The van der Waals surface area contributed by atoms with Gasteiger partial charge in [-0.3, -0.25) is 0 Å². The first-order chi connectivity index (χ1) is 8.63. The first-order valence-corrected chi connectivity index (χ1v) is 8.56. The van der Waals surface area contributed by atoms with Gasteiger partial charge in [-0.15, -0.1) is 0 Å². The second kappa shape index (κ2) is 6.62. The van der Waals surface area contributed by atoms with Gasteiger partial charge in [0.05, 0.1) is 0 Å². The highest BCUT2D eigenvalue weighted by Gasteiger charge is 2.34. The summed E-state index contributed by atoms with van der Waals surface area (Å²) in [6.45, 7) is 8.60. The smallest absolute Gasteiger partial charge is 0.0499 e. The van der Waals surface area contributed by atoms with E-state index in [9.17, 15) is 5.11 Å². The summed E-state index contributed by atoms with van der Waals surface area (Å²) in [4.78, 5) is 2.62. The summed E-state index contributed by atoms with van der Waals surface area (Å²) in [6, 6.07) is 0. The van der Waals surface area contributed by atoms with E-state index in [4.69, 9.17) is 0 Å². The molecule has 0 spiro atoms. The Hall–Kier alpha value is 0.270. The fourth-order valence-electron chi connectivity index (χ4n) is 3.73. The molecule has 1 N–H and O–H groups in total. The van der Waals surface area contributed by atoms with Crippen LogP contribution in [0.25, 0.3) is 0 Å². The third kappa shape index (κ3) is 3.88. The molecule has 0 amide bonds. The Morgan fingerprint density at radius 1 is 1.06 bits per heavy atom. The van der Waals surface area contributed by atoms with Gasteiger partial charge < -0.3 is 10.0 Å². The Kier molecular flexibility index (Phi) is 5.40. The molecule has 106 valence electrons. The number of thioether (sulfide) groups is 1. The van der Waals surface area contributed by atoms with Crippen molar-refractivity contribution in [1.82, 2.24) is 4.90 Å². The van der Waals surface area contributed by atoms with E-state index in [0.717, 1.165) is 17.0 Å². The molecule has 2 rings (SSSR count). The number of rotatable bonds is 3. The highest BCUT2D eigenvalue weighted by Crippen LogP contribution is 2.37. The molecule has 2 aliphatic rings. The minimum Gasteiger partial charge on any atom is -0.396 e. The summed E-state index contributed by atoms with van der Waals surface area (Å²) in [6.07, 6.45) is 7.82. The minimum absolute atomic E-state index is 0.206. The van der Waals surface area contributed by atoms with E-state index < -0.39 is 0 Å². The van der Waals surface area contributed by atoms with Crippen LogP contribution in [0.4, 0.5) is 0 Å². The molecular weight excluding hydrogens is 242 g/mol. The molecule has 2 atom stereocenters. The summed E-state index contributed by atoms with van der Waals surface area (Å²) in [5, 5.41) is 11.4. The normalized spacial score (nSPS) is 34.2. The van der Waals surface area contributed by atoms with E-state index in [1.165, 1.54) is 51.6 Å². The summed E-state index contributed by atoms with van der Waals surface area (Å²) < 4.78 is 0. The van der Waals surface area contributed by atoms with Crippen molar-refractivity contribution in [3.8, 4) is 0 Å². The van der Waals surface area contributed by atoms with Crippen LogP contribution >= 0.6 is 11.8 Å². The van der Waals surface area contributed by atoms with Crippen molar-refractivity contribution >= 4 is 11.8 Å². The van der Waals surface area contributed by atoms with Gasteiger partial charge in [-0.2, -0.15) is 11.8 Å². The molecule has 3 heteroatoms. The van der Waals surface area contributed by atoms with Crippen molar-refractivity contribution in [3.05, 3.63) is 0 Å². The highest BCUT2D eigenvalue weighted by atomic mass is 32.2. The molecule has 1 aliphatic heterocycles. The molecule has 2 nitrogen and oxygen atoms in total. The van der Waals surface area contributed by atoms with Crippen molar-refractivity contribution in [1.29, 1.82) is 0 Å². The first-order valence-electron chi connectivity index (χ1n) is 7.62. The third-order valence-electron chi connectivity index (χ3n) is 4.55.